The number of nitrogens with one attached hydrogen (secondary N) is 2. The van der Waals surface area contributed by atoms with Gasteiger partial charge in [-0.3, -0.25) is 19.7 Å². The van der Waals surface area contributed by atoms with Crippen LogP contribution in [0.5, 0.6) is 5.75 Å². The van der Waals surface area contributed by atoms with E-state index in [1.807, 2.05) is 18.2 Å². The van der Waals surface area contributed by atoms with Gasteiger partial charge in [-0.2, -0.15) is 0 Å². The summed E-state index contributed by atoms with van der Waals surface area (Å²) in [5.41, 5.74) is 1.20. The van der Waals surface area contributed by atoms with Crippen molar-refractivity contribution < 1.29 is 19.5 Å². The minimum absolute atomic E-state index is 0.140. The summed E-state index contributed by atoms with van der Waals surface area (Å²) in [5.74, 6) is -2.65. The van der Waals surface area contributed by atoms with Gasteiger partial charge in [0.15, 0.2) is 0 Å². The summed E-state index contributed by atoms with van der Waals surface area (Å²) in [6.45, 7) is 0. The predicted octanol–water partition coefficient (Wildman–Crippen LogP) is 3.21. The van der Waals surface area contributed by atoms with Crippen LogP contribution in [0.4, 0.5) is 11.4 Å². The first-order chi connectivity index (χ1) is 16.4. The fourth-order valence-corrected chi connectivity index (χ4v) is 5.87. The van der Waals surface area contributed by atoms with Crippen LogP contribution in [0.15, 0.2) is 72.8 Å². The molecule has 3 aliphatic rings. The Balaban J connectivity index is 1.49. The standard InChI is InChI=1S/C26H20ClN3O4/c27-15-4-3-5-16(13-15)30-23(32)21-20(12-14-8-10-17(31)11-9-14)29-26(22(21)24(30)33)18-6-1-2-7-19(18)28-25(26)34/h1-11,13,20-22,29,31H,12H2,(H,28,34). The van der Waals surface area contributed by atoms with Gasteiger partial charge < -0.3 is 10.4 Å². The summed E-state index contributed by atoms with van der Waals surface area (Å²) in [7, 11) is 0. The monoisotopic (exact) mass is 473 g/mol. The summed E-state index contributed by atoms with van der Waals surface area (Å²) in [5, 5.41) is 16.4. The van der Waals surface area contributed by atoms with Gasteiger partial charge in [0.2, 0.25) is 17.7 Å². The van der Waals surface area contributed by atoms with E-state index in [0.29, 0.717) is 28.4 Å². The molecule has 2 saturated heterocycles. The largest absolute Gasteiger partial charge is 0.508 e. The van der Waals surface area contributed by atoms with E-state index in [1.165, 1.54) is 4.90 Å². The lowest BCUT2D eigenvalue weighted by atomic mass is 9.76. The Kier molecular flexibility index (Phi) is 4.56. The normalized spacial score (nSPS) is 27.3. The number of hydrogen-bond acceptors (Lipinski definition) is 5. The molecule has 2 fully saturated rings. The van der Waals surface area contributed by atoms with Crippen molar-refractivity contribution in [3.63, 3.8) is 0 Å². The van der Waals surface area contributed by atoms with Gasteiger partial charge in [-0.15, -0.1) is 0 Å². The van der Waals surface area contributed by atoms with Crippen LogP contribution < -0.4 is 15.5 Å². The zero-order chi connectivity index (χ0) is 23.6. The van der Waals surface area contributed by atoms with Crippen molar-refractivity contribution in [2.75, 3.05) is 10.2 Å². The Labute approximate surface area is 200 Å². The number of nitrogens with zero attached hydrogens (tertiary/aromatic N) is 1. The Morgan fingerprint density at radius 2 is 1.71 bits per heavy atom. The van der Waals surface area contributed by atoms with Gasteiger partial charge in [-0.1, -0.05) is 48.0 Å². The van der Waals surface area contributed by atoms with Crippen LogP contribution in [0, 0.1) is 11.8 Å². The van der Waals surface area contributed by atoms with Crippen LogP contribution in [0.2, 0.25) is 5.02 Å². The molecule has 3 amide bonds. The van der Waals surface area contributed by atoms with Gasteiger partial charge in [0, 0.05) is 22.3 Å². The first-order valence-electron chi connectivity index (χ1n) is 11.0. The van der Waals surface area contributed by atoms with Crippen molar-refractivity contribution in [1.29, 1.82) is 0 Å². The van der Waals surface area contributed by atoms with Crippen molar-refractivity contribution >= 4 is 40.7 Å². The van der Waals surface area contributed by atoms with Crippen LogP contribution in [-0.2, 0) is 26.3 Å². The average molecular weight is 474 g/mol. The van der Waals surface area contributed by atoms with Crippen LogP contribution in [-0.4, -0.2) is 28.9 Å². The topological polar surface area (TPSA) is 98.7 Å². The van der Waals surface area contributed by atoms with E-state index < -0.39 is 29.3 Å². The molecule has 4 atom stereocenters. The van der Waals surface area contributed by atoms with Gasteiger partial charge >= 0.3 is 0 Å². The number of benzene rings is 3. The number of amides is 3. The maximum atomic E-state index is 13.9. The van der Waals surface area contributed by atoms with Crippen molar-refractivity contribution in [3.05, 3.63) is 88.9 Å². The molecule has 3 aromatic rings. The molecule has 3 aliphatic heterocycles. The molecule has 3 N–H and O–H groups in total. The molecular weight excluding hydrogens is 454 g/mol. The summed E-state index contributed by atoms with van der Waals surface area (Å²) in [4.78, 5) is 42.3. The summed E-state index contributed by atoms with van der Waals surface area (Å²) >= 11 is 6.15. The minimum atomic E-state index is -1.36. The van der Waals surface area contributed by atoms with Crippen LogP contribution in [0.3, 0.4) is 0 Å². The Bertz CT molecular complexity index is 1360. The zero-order valence-electron chi connectivity index (χ0n) is 17.9. The number of halogens is 1. The van der Waals surface area contributed by atoms with E-state index in [9.17, 15) is 19.5 Å². The third-order valence-electron chi connectivity index (χ3n) is 7.08. The highest BCUT2D eigenvalue weighted by molar-refractivity contribution is 6.31. The lowest BCUT2D eigenvalue weighted by Gasteiger charge is -2.29. The third-order valence-corrected chi connectivity index (χ3v) is 7.32. The first kappa shape index (κ1) is 20.9. The number of phenols is 1. The first-order valence-corrected chi connectivity index (χ1v) is 11.4. The van der Waals surface area contributed by atoms with Crippen molar-refractivity contribution in [2.45, 2.75) is 18.0 Å². The molecule has 0 aliphatic carbocycles. The third kappa shape index (κ3) is 2.84. The number of fused-ring (bicyclic) bond motifs is 4. The Morgan fingerprint density at radius 3 is 2.47 bits per heavy atom. The molecule has 6 rings (SSSR count). The highest BCUT2D eigenvalue weighted by Crippen LogP contribution is 2.53. The number of carbonyl (C=O) groups excluding carboxylic acids is 3. The van der Waals surface area contributed by atoms with E-state index in [-0.39, 0.29) is 17.6 Å². The molecule has 7 nitrogen and oxygen atoms in total. The fourth-order valence-electron chi connectivity index (χ4n) is 5.69. The fraction of sp³-hybridized carbons (Fsp3) is 0.192. The Morgan fingerprint density at radius 1 is 0.941 bits per heavy atom. The number of phenolic OH excluding ortho intramolecular Hbond substituents is 1. The van der Waals surface area contributed by atoms with E-state index in [0.717, 1.165) is 5.56 Å². The summed E-state index contributed by atoms with van der Waals surface area (Å²) < 4.78 is 0. The smallest absolute Gasteiger partial charge is 0.250 e. The second-order valence-corrected chi connectivity index (χ2v) is 9.36. The van der Waals surface area contributed by atoms with E-state index in [2.05, 4.69) is 10.6 Å². The molecule has 3 aromatic carbocycles. The minimum Gasteiger partial charge on any atom is -0.508 e. The number of imide groups is 1. The average Bonchev–Trinajstić information content (AvgIpc) is 3.40. The maximum Gasteiger partial charge on any atom is 0.250 e. The van der Waals surface area contributed by atoms with Gasteiger partial charge in [0.05, 0.1) is 17.5 Å². The van der Waals surface area contributed by atoms with Crippen molar-refractivity contribution in [3.8, 4) is 5.75 Å². The molecule has 0 saturated carbocycles. The number of para-hydroxylation sites is 1. The summed E-state index contributed by atoms with van der Waals surface area (Å²) in [6.07, 6.45) is 0.404. The molecule has 34 heavy (non-hydrogen) atoms. The molecule has 170 valence electrons. The van der Waals surface area contributed by atoms with Gasteiger partial charge in [0.1, 0.15) is 11.3 Å². The van der Waals surface area contributed by atoms with E-state index in [1.54, 1.807) is 54.6 Å². The maximum absolute atomic E-state index is 13.9. The van der Waals surface area contributed by atoms with Crippen LogP contribution in [0.25, 0.3) is 0 Å². The summed E-state index contributed by atoms with van der Waals surface area (Å²) in [6, 6.07) is 20.1. The molecule has 8 heteroatoms. The lowest BCUT2D eigenvalue weighted by Crippen LogP contribution is -2.53. The second-order valence-electron chi connectivity index (χ2n) is 8.92. The molecule has 1 spiro atoms. The number of rotatable bonds is 3. The SMILES string of the molecule is O=C1C2C(Cc3ccc(O)cc3)NC3(C(=O)Nc4ccccc43)C2C(=O)N1c1cccc(Cl)c1. The molecule has 3 heterocycles. The number of hydrogen-bond donors (Lipinski definition) is 3. The van der Waals surface area contributed by atoms with E-state index >= 15 is 0 Å². The lowest BCUT2D eigenvalue weighted by molar-refractivity contribution is -0.130. The molecular formula is C26H20ClN3O4. The molecule has 4 unspecified atom stereocenters. The number of carbonyl (C=O) groups is 3. The molecule has 0 bridgehead atoms. The van der Waals surface area contributed by atoms with Crippen LogP contribution >= 0.6 is 11.6 Å². The van der Waals surface area contributed by atoms with Crippen molar-refractivity contribution in [1.82, 2.24) is 5.32 Å². The van der Waals surface area contributed by atoms with Gasteiger partial charge in [-0.05, 0) is 48.4 Å². The highest BCUT2D eigenvalue weighted by Gasteiger charge is 2.70. The van der Waals surface area contributed by atoms with Gasteiger partial charge in [0.25, 0.3) is 0 Å². The predicted molar refractivity (Wildman–Crippen MR) is 126 cm³/mol. The highest BCUT2D eigenvalue weighted by atomic mass is 35.5. The zero-order valence-corrected chi connectivity index (χ0v) is 18.6. The molecule has 0 radical (unpaired) electrons. The van der Waals surface area contributed by atoms with Crippen LogP contribution in [0.1, 0.15) is 11.1 Å². The second kappa shape index (κ2) is 7.41. The molecule has 0 aromatic heterocycles. The van der Waals surface area contributed by atoms with Gasteiger partial charge in [-0.25, -0.2) is 4.90 Å². The Hall–Kier alpha value is -3.68. The number of aromatic hydroxyl groups is 1. The van der Waals surface area contributed by atoms with E-state index in [4.69, 9.17) is 11.6 Å². The van der Waals surface area contributed by atoms with Crippen molar-refractivity contribution in [2.24, 2.45) is 11.8 Å². The quantitative estimate of drug-likeness (QED) is 0.507. The number of anilines is 2.